The summed E-state index contributed by atoms with van der Waals surface area (Å²) >= 11 is 6.04. The van der Waals surface area contributed by atoms with Crippen LogP contribution in [0.15, 0.2) is 71.8 Å². The molecule has 0 aromatic heterocycles. The van der Waals surface area contributed by atoms with Crippen LogP contribution < -0.4 is 23.9 Å². The second kappa shape index (κ2) is 13.9. The number of hydrazone groups is 1. The highest BCUT2D eigenvalue weighted by molar-refractivity contribution is 7.92. The van der Waals surface area contributed by atoms with Gasteiger partial charge < -0.3 is 14.2 Å². The van der Waals surface area contributed by atoms with Crippen molar-refractivity contribution in [2.24, 2.45) is 5.10 Å². The SMILES string of the molecule is CCOc1ccc(N(C(C)C(=O)N/N=C/c2ccc(OCc3cccc(Cl)c3)c(OCC)c2)S(C)(=O)=O)cc1. The van der Waals surface area contributed by atoms with Crippen molar-refractivity contribution in [1.82, 2.24) is 5.43 Å². The average molecular weight is 574 g/mol. The fraction of sp³-hybridized carbons (Fsp3) is 0.286. The second-order valence-corrected chi connectivity index (χ2v) is 10.7. The molecule has 3 rings (SSSR count). The first kappa shape index (κ1) is 29.8. The predicted octanol–water partition coefficient (Wildman–Crippen LogP) is 5.02. The van der Waals surface area contributed by atoms with Gasteiger partial charge in [0, 0.05) is 5.02 Å². The molecule has 0 aliphatic heterocycles. The highest BCUT2D eigenvalue weighted by atomic mass is 35.5. The van der Waals surface area contributed by atoms with Gasteiger partial charge in [0.2, 0.25) is 10.0 Å². The van der Waals surface area contributed by atoms with Crippen LogP contribution in [-0.4, -0.2) is 46.1 Å². The number of halogens is 1. The summed E-state index contributed by atoms with van der Waals surface area (Å²) in [4.78, 5) is 12.8. The Bertz CT molecular complexity index is 1400. The molecule has 1 amide bonds. The van der Waals surface area contributed by atoms with E-state index in [-0.39, 0.29) is 0 Å². The number of benzene rings is 3. The first-order chi connectivity index (χ1) is 18.6. The zero-order valence-corrected chi connectivity index (χ0v) is 23.8. The summed E-state index contributed by atoms with van der Waals surface area (Å²) in [6, 6.07) is 18.1. The lowest BCUT2D eigenvalue weighted by Gasteiger charge is -2.27. The molecule has 1 atom stereocenters. The molecule has 11 heteroatoms. The van der Waals surface area contributed by atoms with E-state index >= 15 is 0 Å². The number of hydrogen-bond donors (Lipinski definition) is 1. The summed E-state index contributed by atoms with van der Waals surface area (Å²) in [6.07, 6.45) is 2.48. The van der Waals surface area contributed by atoms with E-state index in [1.165, 1.54) is 13.1 Å². The number of rotatable bonds is 13. The molecule has 1 N–H and O–H groups in total. The number of sulfonamides is 1. The van der Waals surface area contributed by atoms with E-state index < -0.39 is 22.0 Å². The third-order valence-electron chi connectivity index (χ3n) is 5.43. The van der Waals surface area contributed by atoms with Gasteiger partial charge in [-0.2, -0.15) is 5.10 Å². The fourth-order valence-corrected chi connectivity index (χ4v) is 5.10. The maximum Gasteiger partial charge on any atom is 0.263 e. The van der Waals surface area contributed by atoms with E-state index in [1.54, 1.807) is 48.5 Å². The Balaban J connectivity index is 1.69. The number of ether oxygens (including phenoxy) is 3. The van der Waals surface area contributed by atoms with Crippen molar-refractivity contribution in [3.63, 3.8) is 0 Å². The average Bonchev–Trinajstić information content (AvgIpc) is 2.89. The number of carbonyl (C=O) groups excluding carboxylic acids is 1. The van der Waals surface area contributed by atoms with Crippen LogP contribution in [0, 0.1) is 0 Å². The first-order valence-electron chi connectivity index (χ1n) is 12.3. The number of nitrogens with zero attached hydrogens (tertiary/aromatic N) is 2. The van der Waals surface area contributed by atoms with E-state index in [9.17, 15) is 13.2 Å². The lowest BCUT2D eigenvalue weighted by atomic mass is 10.2. The Labute approximate surface area is 234 Å². The van der Waals surface area contributed by atoms with E-state index in [1.807, 2.05) is 32.0 Å². The normalized spacial score (nSPS) is 12.1. The number of amides is 1. The topological polar surface area (TPSA) is 107 Å². The summed E-state index contributed by atoms with van der Waals surface area (Å²) in [7, 11) is -3.77. The van der Waals surface area contributed by atoms with Crippen molar-refractivity contribution in [2.75, 3.05) is 23.8 Å². The van der Waals surface area contributed by atoms with Crippen LogP contribution in [0.25, 0.3) is 0 Å². The molecule has 0 radical (unpaired) electrons. The smallest absolute Gasteiger partial charge is 0.263 e. The van der Waals surface area contributed by atoms with Gasteiger partial charge in [0.25, 0.3) is 5.91 Å². The van der Waals surface area contributed by atoms with Crippen LogP contribution in [0.3, 0.4) is 0 Å². The minimum Gasteiger partial charge on any atom is -0.494 e. The number of carbonyl (C=O) groups is 1. The third kappa shape index (κ3) is 8.62. The van der Waals surface area contributed by atoms with Gasteiger partial charge in [-0.05, 0) is 86.5 Å². The summed E-state index contributed by atoms with van der Waals surface area (Å²) in [5.74, 6) is 1.06. The van der Waals surface area contributed by atoms with E-state index in [4.69, 9.17) is 25.8 Å². The Hall–Kier alpha value is -3.76. The van der Waals surface area contributed by atoms with Crippen LogP contribution in [0.2, 0.25) is 5.02 Å². The molecule has 208 valence electrons. The van der Waals surface area contributed by atoms with Crippen LogP contribution >= 0.6 is 11.6 Å². The van der Waals surface area contributed by atoms with Crippen molar-refractivity contribution in [2.45, 2.75) is 33.4 Å². The minimum absolute atomic E-state index is 0.313. The van der Waals surface area contributed by atoms with Crippen LogP contribution in [0.4, 0.5) is 5.69 Å². The summed E-state index contributed by atoms with van der Waals surface area (Å²) in [6.45, 7) is 6.42. The number of nitrogens with one attached hydrogen (secondary N) is 1. The van der Waals surface area contributed by atoms with Gasteiger partial charge >= 0.3 is 0 Å². The predicted molar refractivity (Wildman–Crippen MR) is 154 cm³/mol. The number of hydrogen-bond acceptors (Lipinski definition) is 7. The largest absolute Gasteiger partial charge is 0.494 e. The lowest BCUT2D eigenvalue weighted by molar-refractivity contribution is -0.121. The zero-order valence-electron chi connectivity index (χ0n) is 22.3. The van der Waals surface area contributed by atoms with Gasteiger partial charge in [-0.15, -0.1) is 0 Å². The van der Waals surface area contributed by atoms with E-state index in [2.05, 4.69) is 10.5 Å². The Morgan fingerprint density at radius 2 is 1.72 bits per heavy atom. The molecule has 0 saturated heterocycles. The van der Waals surface area contributed by atoms with Gasteiger partial charge in [0.15, 0.2) is 11.5 Å². The van der Waals surface area contributed by atoms with E-state index in [0.29, 0.717) is 53.3 Å². The molecule has 3 aromatic carbocycles. The first-order valence-corrected chi connectivity index (χ1v) is 14.5. The van der Waals surface area contributed by atoms with Crippen LogP contribution in [0.1, 0.15) is 31.9 Å². The van der Waals surface area contributed by atoms with Crippen molar-refractivity contribution >= 4 is 39.4 Å². The second-order valence-electron chi connectivity index (χ2n) is 8.45. The summed E-state index contributed by atoms with van der Waals surface area (Å²) in [5, 5.41) is 4.64. The maximum atomic E-state index is 12.8. The Morgan fingerprint density at radius 1 is 1.00 bits per heavy atom. The van der Waals surface area contributed by atoms with Gasteiger partial charge in [-0.1, -0.05) is 23.7 Å². The molecule has 0 fully saturated rings. The molecular weight excluding hydrogens is 542 g/mol. The van der Waals surface area contributed by atoms with Crippen molar-refractivity contribution in [1.29, 1.82) is 0 Å². The minimum atomic E-state index is -3.77. The van der Waals surface area contributed by atoms with Gasteiger partial charge in [0.05, 0.1) is 31.4 Å². The van der Waals surface area contributed by atoms with Gasteiger partial charge in [-0.3, -0.25) is 9.10 Å². The summed E-state index contributed by atoms with van der Waals surface area (Å²) < 4.78 is 43.1. The zero-order chi connectivity index (χ0) is 28.4. The van der Waals surface area contributed by atoms with Crippen molar-refractivity contribution < 1.29 is 27.4 Å². The van der Waals surface area contributed by atoms with Crippen LogP contribution in [-0.2, 0) is 21.4 Å². The Kier molecular flexibility index (Phi) is 10.6. The highest BCUT2D eigenvalue weighted by Gasteiger charge is 2.29. The maximum absolute atomic E-state index is 12.8. The molecule has 0 bridgehead atoms. The molecule has 3 aromatic rings. The number of anilines is 1. The molecule has 9 nitrogen and oxygen atoms in total. The Morgan fingerprint density at radius 3 is 2.36 bits per heavy atom. The van der Waals surface area contributed by atoms with Crippen molar-refractivity contribution in [3.8, 4) is 17.2 Å². The summed E-state index contributed by atoms with van der Waals surface area (Å²) in [5.41, 5.74) is 4.32. The molecule has 0 heterocycles. The van der Waals surface area contributed by atoms with Crippen LogP contribution in [0.5, 0.6) is 17.2 Å². The molecule has 0 saturated carbocycles. The molecule has 0 aliphatic carbocycles. The molecule has 39 heavy (non-hydrogen) atoms. The highest BCUT2D eigenvalue weighted by Crippen LogP contribution is 2.29. The quantitative estimate of drug-likeness (QED) is 0.227. The monoisotopic (exact) mass is 573 g/mol. The standard InChI is InChI=1S/C28H32ClN3O6S/c1-5-36-25-13-11-24(12-14-25)32(39(4,34)35)20(3)28(33)31-30-18-21-10-15-26(27(17-21)37-6-2)38-19-22-8-7-9-23(29)16-22/h7-18,20H,5-6,19H2,1-4H3,(H,31,33)/b30-18+. The lowest BCUT2D eigenvalue weighted by Crippen LogP contribution is -2.46. The molecular formula is C28H32ClN3O6S. The van der Waals surface area contributed by atoms with Gasteiger partial charge in [-0.25, -0.2) is 13.8 Å². The van der Waals surface area contributed by atoms with E-state index in [0.717, 1.165) is 16.1 Å². The third-order valence-corrected chi connectivity index (χ3v) is 6.91. The van der Waals surface area contributed by atoms with Crippen molar-refractivity contribution in [3.05, 3.63) is 82.9 Å². The van der Waals surface area contributed by atoms with Gasteiger partial charge in [0.1, 0.15) is 18.4 Å². The molecule has 1 unspecified atom stereocenters. The molecule has 0 aliphatic rings. The molecule has 0 spiro atoms. The fourth-order valence-electron chi connectivity index (χ4n) is 3.71.